The fourth-order valence-electron chi connectivity index (χ4n) is 3.89. The Balaban J connectivity index is 1.82. The summed E-state index contributed by atoms with van der Waals surface area (Å²) in [6.45, 7) is -0.508. The van der Waals surface area contributed by atoms with Gasteiger partial charge in [-0.25, -0.2) is 28.1 Å². The summed E-state index contributed by atoms with van der Waals surface area (Å²) in [6.07, 6.45) is 0.332. The second-order valence-corrected chi connectivity index (χ2v) is 7.59. The Bertz CT molecular complexity index is 1540. The van der Waals surface area contributed by atoms with Crippen LogP contribution in [0.25, 0.3) is 39.2 Å². The third-order valence-corrected chi connectivity index (χ3v) is 5.44. The van der Waals surface area contributed by atoms with Gasteiger partial charge in [0.25, 0.3) is 12.3 Å². The normalized spacial score (nSPS) is 11.6. The van der Waals surface area contributed by atoms with Crippen LogP contribution in [0.3, 0.4) is 0 Å². The Hall–Kier alpha value is -4.41. The maximum atomic E-state index is 13.6. The number of nitrogens with two attached hydrogens (primary N) is 1. The highest BCUT2D eigenvalue weighted by Gasteiger charge is 2.21. The van der Waals surface area contributed by atoms with Crippen LogP contribution in [-0.2, 0) is 6.54 Å². The molecule has 1 amide bonds. The minimum absolute atomic E-state index is 0.0713. The first-order valence-electron chi connectivity index (χ1n) is 10.3. The molecule has 0 saturated carbocycles. The van der Waals surface area contributed by atoms with Gasteiger partial charge in [0, 0.05) is 24.4 Å². The summed E-state index contributed by atoms with van der Waals surface area (Å²) in [5, 5.41) is 2.52. The molecule has 5 rings (SSSR count). The van der Waals surface area contributed by atoms with Crippen LogP contribution >= 0.6 is 0 Å². The Morgan fingerprint density at radius 2 is 1.85 bits per heavy atom. The quantitative estimate of drug-likeness (QED) is 0.412. The van der Waals surface area contributed by atoms with Gasteiger partial charge in [0.15, 0.2) is 11.5 Å². The Labute approximate surface area is 190 Å². The van der Waals surface area contributed by atoms with Gasteiger partial charge in [-0.3, -0.25) is 9.20 Å². The molecule has 0 radical (unpaired) electrons. The largest absolute Gasteiger partial charge is 0.381 e. The number of imidazole rings is 2. The molecule has 0 unspecified atom stereocenters. The number of nitrogens with zero attached hydrogens (tertiary/aromatic N) is 5. The lowest BCUT2D eigenvalue weighted by molar-refractivity contribution is 0.0958. The van der Waals surface area contributed by atoms with Crippen molar-refractivity contribution in [1.29, 1.82) is 0 Å². The van der Waals surface area contributed by atoms with Crippen LogP contribution in [0, 0.1) is 5.82 Å². The van der Waals surface area contributed by atoms with Crippen LogP contribution in [0.15, 0.2) is 55.0 Å². The number of benzene rings is 2. The lowest BCUT2D eigenvalue weighted by Crippen LogP contribution is -2.17. The molecule has 0 atom stereocenters. The van der Waals surface area contributed by atoms with Crippen molar-refractivity contribution >= 4 is 28.4 Å². The zero-order chi connectivity index (χ0) is 24.0. The van der Waals surface area contributed by atoms with Crippen molar-refractivity contribution in [2.75, 3.05) is 12.8 Å². The summed E-state index contributed by atoms with van der Waals surface area (Å²) >= 11 is 0. The molecule has 0 aliphatic heterocycles. The number of carbonyl (C=O) groups excluding carboxylic acids is 1. The number of nitrogen functional groups attached to an aromatic ring is 1. The molecular formula is C23H18F3N7O. The first kappa shape index (κ1) is 21.4. The standard InChI is InChI=1S/C23H18F3N7O/c1-28-23(34)16-9-33-20(13-4-7-15-17(8-13)32(11-29-15)10-18(25)26)19(31-21(27)22(33)30-16)12-2-5-14(24)6-3-12/h2-9,11,18H,10H2,1H3,(H2,27,31)(H,28,34). The van der Waals surface area contributed by atoms with Crippen molar-refractivity contribution < 1.29 is 18.0 Å². The first-order valence-corrected chi connectivity index (χ1v) is 10.3. The van der Waals surface area contributed by atoms with E-state index in [1.165, 1.54) is 36.3 Å². The van der Waals surface area contributed by atoms with Gasteiger partial charge in [-0.2, -0.15) is 0 Å². The van der Waals surface area contributed by atoms with Crippen LogP contribution < -0.4 is 11.1 Å². The third-order valence-electron chi connectivity index (χ3n) is 5.44. The highest BCUT2D eigenvalue weighted by atomic mass is 19.3. The van der Waals surface area contributed by atoms with E-state index >= 15 is 0 Å². The molecule has 0 aliphatic carbocycles. The number of hydrogen-bond acceptors (Lipinski definition) is 5. The maximum Gasteiger partial charge on any atom is 0.271 e. The van der Waals surface area contributed by atoms with E-state index in [-0.39, 0.29) is 17.2 Å². The molecule has 0 saturated heterocycles. The van der Waals surface area contributed by atoms with Crippen molar-refractivity contribution in [3.8, 4) is 22.5 Å². The summed E-state index contributed by atoms with van der Waals surface area (Å²) < 4.78 is 42.8. The van der Waals surface area contributed by atoms with E-state index in [1.54, 1.807) is 34.7 Å². The summed E-state index contributed by atoms with van der Waals surface area (Å²) in [4.78, 5) is 25.3. The van der Waals surface area contributed by atoms with Gasteiger partial charge in [-0.1, -0.05) is 6.07 Å². The van der Waals surface area contributed by atoms with E-state index in [0.717, 1.165) is 0 Å². The number of halogens is 3. The molecule has 2 aromatic carbocycles. The second kappa shape index (κ2) is 8.18. The number of aromatic nitrogens is 5. The molecule has 0 aliphatic rings. The molecule has 5 aromatic rings. The van der Waals surface area contributed by atoms with E-state index in [2.05, 4.69) is 20.3 Å². The molecule has 0 bridgehead atoms. The van der Waals surface area contributed by atoms with Crippen LogP contribution in [0.5, 0.6) is 0 Å². The fraction of sp³-hybridized carbons (Fsp3) is 0.130. The summed E-state index contributed by atoms with van der Waals surface area (Å²) in [5.41, 5.74) is 9.68. The van der Waals surface area contributed by atoms with Crippen molar-refractivity contribution in [2.24, 2.45) is 0 Å². The molecule has 11 heteroatoms. The van der Waals surface area contributed by atoms with Crippen LogP contribution in [0.1, 0.15) is 10.5 Å². The molecular weight excluding hydrogens is 447 g/mol. The Morgan fingerprint density at radius 1 is 1.12 bits per heavy atom. The summed E-state index contributed by atoms with van der Waals surface area (Å²) in [5.74, 6) is -0.758. The zero-order valence-electron chi connectivity index (χ0n) is 17.8. The van der Waals surface area contributed by atoms with Crippen LogP contribution in [0.4, 0.5) is 19.0 Å². The number of hydrogen-bond donors (Lipinski definition) is 2. The van der Waals surface area contributed by atoms with E-state index in [1.807, 2.05) is 0 Å². The van der Waals surface area contributed by atoms with Gasteiger partial charge < -0.3 is 15.6 Å². The Morgan fingerprint density at radius 3 is 2.56 bits per heavy atom. The molecule has 34 heavy (non-hydrogen) atoms. The Kier molecular flexibility index (Phi) is 5.16. The first-order chi connectivity index (χ1) is 16.4. The third kappa shape index (κ3) is 3.60. The second-order valence-electron chi connectivity index (χ2n) is 7.59. The minimum atomic E-state index is -2.55. The number of nitrogens with one attached hydrogen (secondary N) is 1. The number of amides is 1. The van der Waals surface area contributed by atoms with Crippen molar-refractivity contribution in [1.82, 2.24) is 29.2 Å². The number of rotatable bonds is 5. The highest BCUT2D eigenvalue weighted by Crippen LogP contribution is 2.35. The molecule has 3 heterocycles. The van der Waals surface area contributed by atoms with Crippen LogP contribution in [-0.4, -0.2) is 43.3 Å². The maximum absolute atomic E-state index is 13.6. The molecule has 3 N–H and O–H groups in total. The van der Waals surface area contributed by atoms with Gasteiger partial charge >= 0.3 is 0 Å². The smallest absolute Gasteiger partial charge is 0.271 e. The van der Waals surface area contributed by atoms with E-state index in [9.17, 15) is 18.0 Å². The van der Waals surface area contributed by atoms with Crippen molar-refractivity contribution in [3.05, 3.63) is 66.5 Å². The van der Waals surface area contributed by atoms with Crippen LogP contribution in [0.2, 0.25) is 0 Å². The van der Waals surface area contributed by atoms with Crippen molar-refractivity contribution in [3.63, 3.8) is 0 Å². The number of carbonyl (C=O) groups is 1. The van der Waals surface area contributed by atoms with Gasteiger partial charge in [-0.15, -0.1) is 0 Å². The number of anilines is 1. The van der Waals surface area contributed by atoms with E-state index < -0.39 is 24.7 Å². The predicted molar refractivity (Wildman–Crippen MR) is 121 cm³/mol. The molecule has 0 spiro atoms. The minimum Gasteiger partial charge on any atom is -0.381 e. The molecule has 172 valence electrons. The highest BCUT2D eigenvalue weighted by molar-refractivity contribution is 5.94. The number of alkyl halides is 2. The van der Waals surface area contributed by atoms with E-state index in [0.29, 0.717) is 33.5 Å². The van der Waals surface area contributed by atoms with Crippen molar-refractivity contribution in [2.45, 2.75) is 13.0 Å². The zero-order valence-corrected chi connectivity index (χ0v) is 17.8. The average molecular weight is 465 g/mol. The SMILES string of the molecule is CNC(=O)c1cn2c(-c3ccc4ncn(CC(F)F)c4c3)c(-c3ccc(F)cc3)nc(N)c2n1. The van der Waals surface area contributed by atoms with E-state index in [4.69, 9.17) is 5.73 Å². The molecule has 8 nitrogen and oxygen atoms in total. The molecule has 0 fully saturated rings. The van der Waals surface area contributed by atoms with Gasteiger partial charge in [0.05, 0.1) is 35.3 Å². The fourth-order valence-corrected chi connectivity index (χ4v) is 3.89. The topological polar surface area (TPSA) is 103 Å². The number of fused-ring (bicyclic) bond motifs is 2. The summed E-state index contributed by atoms with van der Waals surface area (Å²) in [6, 6.07) is 10.9. The van der Waals surface area contributed by atoms with Gasteiger partial charge in [0.1, 0.15) is 11.5 Å². The monoisotopic (exact) mass is 465 g/mol. The lowest BCUT2D eigenvalue weighted by Gasteiger charge is -2.14. The molecule has 3 aromatic heterocycles. The van der Waals surface area contributed by atoms with Gasteiger partial charge in [0.2, 0.25) is 0 Å². The summed E-state index contributed by atoms with van der Waals surface area (Å²) in [7, 11) is 1.48. The lowest BCUT2D eigenvalue weighted by atomic mass is 10.0. The average Bonchev–Trinajstić information content (AvgIpc) is 3.43. The predicted octanol–water partition coefficient (Wildman–Crippen LogP) is 3.76. The van der Waals surface area contributed by atoms with Gasteiger partial charge in [-0.05, 0) is 36.4 Å².